The molecule has 0 spiro atoms. The molecular weight excluding hydrogens is 428 g/mol. The molecule has 0 radical (unpaired) electrons. The highest BCUT2D eigenvalue weighted by Crippen LogP contribution is 2.28. The summed E-state index contributed by atoms with van der Waals surface area (Å²) in [6.45, 7) is 0.556. The molecule has 0 unspecified atom stereocenters. The molecule has 0 atom stereocenters. The third-order valence-corrected chi connectivity index (χ3v) is 5.58. The highest BCUT2D eigenvalue weighted by Gasteiger charge is 2.18. The molecule has 0 fully saturated rings. The number of rotatable bonds is 9. The average Bonchev–Trinajstić information content (AvgIpc) is 3.48. The molecule has 0 bridgehead atoms. The van der Waals surface area contributed by atoms with E-state index >= 15 is 0 Å². The summed E-state index contributed by atoms with van der Waals surface area (Å²) in [7, 11) is 3.12. The molecule has 4 rings (SSSR count). The topological polar surface area (TPSA) is 91.4 Å². The van der Waals surface area contributed by atoms with Crippen molar-refractivity contribution in [3.63, 3.8) is 0 Å². The number of thioether (sulfide) groups is 1. The van der Waals surface area contributed by atoms with Gasteiger partial charge in [0, 0.05) is 23.9 Å². The van der Waals surface area contributed by atoms with E-state index in [2.05, 4.69) is 15.5 Å². The van der Waals surface area contributed by atoms with Crippen LogP contribution in [0, 0.1) is 0 Å². The Bertz CT molecular complexity index is 1150. The van der Waals surface area contributed by atoms with E-state index in [4.69, 9.17) is 13.9 Å². The van der Waals surface area contributed by atoms with Gasteiger partial charge >= 0.3 is 0 Å². The maximum Gasteiger partial charge on any atom is 0.234 e. The number of carbonyl (C=O) groups excluding carboxylic acids is 1. The number of aromatic nitrogens is 3. The summed E-state index contributed by atoms with van der Waals surface area (Å²) in [5.41, 5.74) is 1.68. The van der Waals surface area contributed by atoms with Crippen LogP contribution in [0.4, 0.5) is 5.69 Å². The molecule has 2 heterocycles. The second-order valence-electron chi connectivity index (χ2n) is 6.79. The Labute approximate surface area is 189 Å². The molecule has 32 heavy (non-hydrogen) atoms. The third-order valence-electron chi connectivity index (χ3n) is 4.61. The number of benzene rings is 2. The number of nitrogens with one attached hydrogen (secondary N) is 1. The summed E-state index contributed by atoms with van der Waals surface area (Å²) in [6, 6.07) is 18.8. The normalized spacial score (nSPS) is 10.7. The van der Waals surface area contributed by atoms with Crippen molar-refractivity contribution in [3.8, 4) is 23.1 Å². The molecule has 1 N–H and O–H groups in total. The Morgan fingerprint density at radius 3 is 2.44 bits per heavy atom. The minimum absolute atomic E-state index is 0.157. The fourth-order valence-electron chi connectivity index (χ4n) is 3.10. The van der Waals surface area contributed by atoms with Gasteiger partial charge in [0.05, 0.1) is 32.8 Å². The van der Waals surface area contributed by atoms with Crippen molar-refractivity contribution in [3.05, 3.63) is 72.5 Å². The number of hydrogen-bond donors (Lipinski definition) is 1. The summed E-state index contributed by atoms with van der Waals surface area (Å²) in [4.78, 5) is 12.6. The second-order valence-corrected chi connectivity index (χ2v) is 7.74. The predicted molar refractivity (Wildman–Crippen MR) is 122 cm³/mol. The minimum atomic E-state index is -0.181. The lowest BCUT2D eigenvalue weighted by Gasteiger charge is -2.11. The SMILES string of the molecule is COc1cc(NC(=O)CSc2nnc(-c3ccco3)n2Cc2ccccc2)cc(OC)c1. The van der Waals surface area contributed by atoms with Gasteiger partial charge in [-0.3, -0.25) is 9.36 Å². The van der Waals surface area contributed by atoms with Crippen LogP contribution >= 0.6 is 11.8 Å². The van der Waals surface area contributed by atoms with Crippen LogP contribution in [0.5, 0.6) is 11.5 Å². The van der Waals surface area contributed by atoms with Crippen LogP contribution in [0.25, 0.3) is 11.6 Å². The Kier molecular flexibility index (Phi) is 6.76. The number of methoxy groups -OCH3 is 2. The first-order chi connectivity index (χ1) is 15.7. The molecule has 9 heteroatoms. The molecule has 0 saturated carbocycles. The third kappa shape index (κ3) is 5.12. The molecule has 2 aromatic carbocycles. The highest BCUT2D eigenvalue weighted by atomic mass is 32.2. The van der Waals surface area contributed by atoms with Crippen molar-refractivity contribution in [1.82, 2.24) is 14.8 Å². The van der Waals surface area contributed by atoms with Crippen molar-refractivity contribution >= 4 is 23.4 Å². The fraction of sp³-hybridized carbons (Fsp3) is 0.174. The van der Waals surface area contributed by atoms with Crippen LogP contribution in [0.1, 0.15) is 5.56 Å². The number of hydrogen-bond acceptors (Lipinski definition) is 7. The van der Waals surface area contributed by atoms with Gasteiger partial charge in [-0.15, -0.1) is 10.2 Å². The van der Waals surface area contributed by atoms with Gasteiger partial charge in [0.15, 0.2) is 10.9 Å². The summed E-state index contributed by atoms with van der Waals surface area (Å²) in [5.74, 6) is 2.40. The van der Waals surface area contributed by atoms with Crippen molar-refractivity contribution < 1.29 is 18.7 Å². The van der Waals surface area contributed by atoms with Crippen LogP contribution in [-0.4, -0.2) is 40.6 Å². The van der Waals surface area contributed by atoms with E-state index in [9.17, 15) is 4.79 Å². The van der Waals surface area contributed by atoms with E-state index in [0.717, 1.165) is 5.56 Å². The van der Waals surface area contributed by atoms with E-state index in [0.29, 0.717) is 40.5 Å². The standard InChI is InChI=1S/C23H22N4O4S/c1-29-18-11-17(12-19(13-18)30-2)24-21(28)15-32-23-26-25-22(20-9-6-10-31-20)27(23)14-16-7-4-3-5-8-16/h3-13H,14-15H2,1-2H3,(H,24,28). The smallest absolute Gasteiger partial charge is 0.234 e. The van der Waals surface area contributed by atoms with Gasteiger partial charge in [-0.05, 0) is 17.7 Å². The first-order valence-electron chi connectivity index (χ1n) is 9.83. The molecule has 164 valence electrons. The number of furan rings is 1. The first kappa shape index (κ1) is 21.5. The maximum atomic E-state index is 12.6. The quantitative estimate of drug-likeness (QED) is 0.379. The number of amides is 1. The molecule has 0 aliphatic heterocycles. The Balaban J connectivity index is 1.50. The number of ether oxygens (including phenoxy) is 2. The van der Waals surface area contributed by atoms with E-state index in [1.165, 1.54) is 11.8 Å². The summed E-state index contributed by atoms with van der Waals surface area (Å²) >= 11 is 1.30. The van der Waals surface area contributed by atoms with E-state index in [1.54, 1.807) is 44.7 Å². The van der Waals surface area contributed by atoms with Gasteiger partial charge in [-0.1, -0.05) is 42.1 Å². The molecule has 2 aromatic heterocycles. The average molecular weight is 451 g/mol. The largest absolute Gasteiger partial charge is 0.497 e. The minimum Gasteiger partial charge on any atom is -0.497 e. The van der Waals surface area contributed by atoms with Crippen LogP contribution in [0.15, 0.2) is 76.5 Å². The lowest BCUT2D eigenvalue weighted by atomic mass is 10.2. The number of carbonyl (C=O) groups is 1. The molecule has 0 saturated heterocycles. The molecule has 4 aromatic rings. The monoisotopic (exact) mass is 450 g/mol. The lowest BCUT2D eigenvalue weighted by molar-refractivity contribution is -0.113. The zero-order chi connectivity index (χ0) is 22.3. The summed E-state index contributed by atoms with van der Waals surface area (Å²) in [6.07, 6.45) is 1.60. The van der Waals surface area contributed by atoms with E-state index < -0.39 is 0 Å². The van der Waals surface area contributed by atoms with Crippen LogP contribution in [0.3, 0.4) is 0 Å². The van der Waals surface area contributed by atoms with Gasteiger partial charge in [0.1, 0.15) is 11.5 Å². The molecule has 0 aliphatic carbocycles. The Morgan fingerprint density at radius 2 is 1.78 bits per heavy atom. The predicted octanol–water partition coefficient (Wildman–Crippen LogP) is 4.33. The van der Waals surface area contributed by atoms with Gasteiger partial charge in [0.2, 0.25) is 11.7 Å². The van der Waals surface area contributed by atoms with Crippen LogP contribution in [0.2, 0.25) is 0 Å². The molecular formula is C23H22N4O4S. The van der Waals surface area contributed by atoms with Crippen molar-refractivity contribution in [1.29, 1.82) is 0 Å². The first-order valence-corrected chi connectivity index (χ1v) is 10.8. The summed E-state index contributed by atoms with van der Waals surface area (Å²) in [5, 5.41) is 12.1. The van der Waals surface area contributed by atoms with Crippen LogP contribution < -0.4 is 14.8 Å². The van der Waals surface area contributed by atoms with Gasteiger partial charge in [0.25, 0.3) is 0 Å². The molecule has 8 nitrogen and oxygen atoms in total. The Morgan fingerprint density at radius 1 is 1.03 bits per heavy atom. The summed E-state index contributed by atoms with van der Waals surface area (Å²) < 4.78 is 18.0. The zero-order valence-corrected chi connectivity index (χ0v) is 18.5. The highest BCUT2D eigenvalue weighted by molar-refractivity contribution is 7.99. The van der Waals surface area contributed by atoms with Crippen molar-refractivity contribution in [2.75, 3.05) is 25.3 Å². The lowest BCUT2D eigenvalue weighted by Crippen LogP contribution is -2.15. The van der Waals surface area contributed by atoms with Crippen molar-refractivity contribution in [2.45, 2.75) is 11.7 Å². The number of nitrogens with zero attached hydrogens (tertiary/aromatic N) is 3. The zero-order valence-electron chi connectivity index (χ0n) is 17.6. The molecule has 1 amide bonds. The van der Waals surface area contributed by atoms with Crippen LogP contribution in [-0.2, 0) is 11.3 Å². The maximum absolute atomic E-state index is 12.6. The van der Waals surface area contributed by atoms with Gasteiger partial charge in [-0.2, -0.15) is 0 Å². The van der Waals surface area contributed by atoms with E-state index in [1.807, 2.05) is 41.0 Å². The molecule has 0 aliphatic rings. The van der Waals surface area contributed by atoms with E-state index in [-0.39, 0.29) is 11.7 Å². The Hall–Kier alpha value is -3.72. The van der Waals surface area contributed by atoms with Crippen molar-refractivity contribution in [2.24, 2.45) is 0 Å². The number of anilines is 1. The second kappa shape index (κ2) is 10.1. The fourth-order valence-corrected chi connectivity index (χ4v) is 3.84. The van der Waals surface area contributed by atoms with Gasteiger partial charge in [-0.25, -0.2) is 0 Å². The van der Waals surface area contributed by atoms with Gasteiger partial charge < -0.3 is 19.2 Å².